The number of methoxy groups -OCH3 is 1. The molecule has 0 aliphatic carbocycles. The highest BCUT2D eigenvalue weighted by atomic mass is 16.7. The molecule has 2 aliphatic rings. The van der Waals surface area contributed by atoms with Crippen LogP contribution in [0.2, 0.25) is 0 Å². The van der Waals surface area contributed by atoms with Crippen molar-refractivity contribution in [1.82, 2.24) is 0 Å². The van der Waals surface area contributed by atoms with Crippen molar-refractivity contribution in [2.24, 2.45) is 5.92 Å². The molecule has 6 atom stereocenters. The molecule has 6 unspecified atom stereocenters. The van der Waals surface area contributed by atoms with E-state index in [-0.39, 0.29) is 24.4 Å². The van der Waals surface area contributed by atoms with Gasteiger partial charge in [0.2, 0.25) is 0 Å². The van der Waals surface area contributed by atoms with Crippen molar-refractivity contribution in [3.63, 3.8) is 0 Å². The number of hydrogen-bond donors (Lipinski definition) is 1. The molecule has 2 aliphatic heterocycles. The monoisotopic (exact) mass is 232 g/mol. The molecule has 94 valence electrons. The van der Waals surface area contributed by atoms with Crippen molar-refractivity contribution in [1.29, 1.82) is 0 Å². The van der Waals surface area contributed by atoms with Crippen LogP contribution in [0.1, 0.15) is 20.3 Å². The van der Waals surface area contributed by atoms with Gasteiger partial charge in [-0.3, -0.25) is 0 Å². The lowest BCUT2D eigenvalue weighted by molar-refractivity contribution is -0.345. The van der Waals surface area contributed by atoms with Gasteiger partial charge >= 0.3 is 0 Å². The maximum atomic E-state index is 9.96. The Morgan fingerprint density at radius 1 is 1.38 bits per heavy atom. The predicted octanol–water partition coefficient (Wildman–Crippen LogP) is 0.506. The topological polar surface area (TPSA) is 57.2 Å². The third kappa shape index (κ3) is 2.10. The van der Waals surface area contributed by atoms with Crippen LogP contribution in [-0.2, 0) is 18.9 Å². The van der Waals surface area contributed by atoms with Crippen molar-refractivity contribution in [3.05, 3.63) is 0 Å². The molecule has 2 saturated heterocycles. The summed E-state index contributed by atoms with van der Waals surface area (Å²) >= 11 is 0. The highest BCUT2D eigenvalue weighted by Crippen LogP contribution is 2.32. The number of hydrogen-bond acceptors (Lipinski definition) is 5. The van der Waals surface area contributed by atoms with E-state index in [1.165, 1.54) is 7.11 Å². The Hall–Kier alpha value is -0.200. The molecule has 0 aromatic rings. The Morgan fingerprint density at radius 2 is 2.12 bits per heavy atom. The van der Waals surface area contributed by atoms with Gasteiger partial charge in [0.05, 0.1) is 12.7 Å². The first kappa shape index (κ1) is 12.3. The van der Waals surface area contributed by atoms with E-state index in [0.717, 1.165) is 6.42 Å². The van der Waals surface area contributed by atoms with E-state index in [1.807, 2.05) is 13.8 Å². The van der Waals surface area contributed by atoms with Crippen LogP contribution in [0.25, 0.3) is 0 Å². The third-order valence-corrected chi connectivity index (χ3v) is 3.33. The van der Waals surface area contributed by atoms with Crippen LogP contribution in [0.3, 0.4) is 0 Å². The van der Waals surface area contributed by atoms with Crippen molar-refractivity contribution in [2.45, 2.75) is 51.2 Å². The molecule has 0 amide bonds. The largest absolute Gasteiger partial charge is 0.387 e. The summed E-state index contributed by atoms with van der Waals surface area (Å²) in [6.07, 6.45) is -0.868. The van der Waals surface area contributed by atoms with Gasteiger partial charge in [-0.1, -0.05) is 13.8 Å². The fourth-order valence-corrected chi connectivity index (χ4v) is 2.28. The zero-order chi connectivity index (χ0) is 11.7. The van der Waals surface area contributed by atoms with E-state index in [1.54, 1.807) is 0 Å². The molecule has 0 aromatic carbocycles. The zero-order valence-corrected chi connectivity index (χ0v) is 9.96. The number of aliphatic hydroxyl groups excluding tert-OH is 1. The van der Waals surface area contributed by atoms with Crippen molar-refractivity contribution in [3.8, 4) is 0 Å². The van der Waals surface area contributed by atoms with Gasteiger partial charge in [-0.15, -0.1) is 0 Å². The molecule has 2 fully saturated rings. The van der Waals surface area contributed by atoms with Crippen LogP contribution in [0.4, 0.5) is 0 Å². The van der Waals surface area contributed by atoms with E-state index in [0.29, 0.717) is 6.61 Å². The first-order chi connectivity index (χ1) is 7.67. The molecular formula is C11H20O5. The van der Waals surface area contributed by atoms with Gasteiger partial charge in [-0.25, -0.2) is 0 Å². The third-order valence-electron chi connectivity index (χ3n) is 3.33. The quantitative estimate of drug-likeness (QED) is 0.751. The average Bonchev–Trinajstić information content (AvgIpc) is 2.33. The van der Waals surface area contributed by atoms with E-state index in [2.05, 4.69) is 0 Å². The fraction of sp³-hybridized carbons (Fsp3) is 1.00. The number of ether oxygens (including phenoxy) is 4. The molecule has 5 heteroatoms. The standard InChI is InChI=1S/C11H20O5/c1-4-8-14-5-7-10(16-8)6(2)9(12)11(13-3)15-7/h6-12H,4-5H2,1-3H3. The second-order valence-corrected chi connectivity index (χ2v) is 4.40. The lowest BCUT2D eigenvalue weighted by atomic mass is 9.90. The van der Waals surface area contributed by atoms with Gasteiger partial charge in [-0.05, 0) is 6.42 Å². The van der Waals surface area contributed by atoms with Crippen molar-refractivity contribution >= 4 is 0 Å². The lowest BCUT2D eigenvalue weighted by Crippen LogP contribution is -2.59. The molecule has 0 bridgehead atoms. The maximum Gasteiger partial charge on any atom is 0.183 e. The average molecular weight is 232 g/mol. The van der Waals surface area contributed by atoms with Gasteiger partial charge in [0.1, 0.15) is 12.2 Å². The summed E-state index contributed by atoms with van der Waals surface area (Å²) in [4.78, 5) is 0. The minimum Gasteiger partial charge on any atom is -0.387 e. The van der Waals surface area contributed by atoms with Crippen LogP contribution >= 0.6 is 0 Å². The number of aliphatic hydroxyl groups is 1. The molecule has 0 spiro atoms. The Morgan fingerprint density at radius 3 is 2.75 bits per heavy atom. The summed E-state index contributed by atoms with van der Waals surface area (Å²) in [5.74, 6) is -0.0124. The van der Waals surface area contributed by atoms with Crippen LogP contribution in [0.15, 0.2) is 0 Å². The Balaban J connectivity index is 2.05. The number of fused-ring (bicyclic) bond motifs is 1. The molecule has 0 saturated carbocycles. The predicted molar refractivity (Wildman–Crippen MR) is 55.7 cm³/mol. The summed E-state index contributed by atoms with van der Waals surface area (Å²) in [7, 11) is 1.53. The fourth-order valence-electron chi connectivity index (χ4n) is 2.28. The van der Waals surface area contributed by atoms with Crippen molar-refractivity contribution in [2.75, 3.05) is 13.7 Å². The summed E-state index contributed by atoms with van der Waals surface area (Å²) in [6, 6.07) is 0. The van der Waals surface area contributed by atoms with Crippen LogP contribution in [0.5, 0.6) is 0 Å². The van der Waals surface area contributed by atoms with Gasteiger partial charge in [0, 0.05) is 13.0 Å². The molecule has 0 radical (unpaired) electrons. The number of rotatable bonds is 2. The molecular weight excluding hydrogens is 212 g/mol. The van der Waals surface area contributed by atoms with Crippen LogP contribution in [-0.4, -0.2) is 49.7 Å². The minimum absolute atomic E-state index is 0.0124. The molecule has 0 aromatic heterocycles. The maximum absolute atomic E-state index is 9.96. The van der Waals surface area contributed by atoms with E-state index >= 15 is 0 Å². The second-order valence-electron chi connectivity index (χ2n) is 4.40. The smallest absolute Gasteiger partial charge is 0.183 e. The van der Waals surface area contributed by atoms with Gasteiger partial charge in [0.15, 0.2) is 12.6 Å². The van der Waals surface area contributed by atoms with Crippen LogP contribution in [0, 0.1) is 5.92 Å². The highest BCUT2D eigenvalue weighted by Gasteiger charge is 2.46. The summed E-state index contributed by atoms with van der Waals surface area (Å²) in [5, 5.41) is 9.96. The van der Waals surface area contributed by atoms with Gasteiger partial charge < -0.3 is 24.1 Å². The summed E-state index contributed by atoms with van der Waals surface area (Å²) in [6.45, 7) is 4.46. The van der Waals surface area contributed by atoms with Crippen molar-refractivity contribution < 1.29 is 24.1 Å². The molecule has 16 heavy (non-hydrogen) atoms. The van der Waals surface area contributed by atoms with E-state index < -0.39 is 12.4 Å². The molecule has 2 heterocycles. The first-order valence-corrected chi connectivity index (χ1v) is 5.80. The lowest BCUT2D eigenvalue weighted by Gasteiger charge is -2.46. The first-order valence-electron chi connectivity index (χ1n) is 5.80. The molecule has 1 N–H and O–H groups in total. The summed E-state index contributed by atoms with van der Waals surface area (Å²) < 4.78 is 21.9. The Bertz CT molecular complexity index is 232. The molecule has 2 rings (SSSR count). The van der Waals surface area contributed by atoms with E-state index in [4.69, 9.17) is 18.9 Å². The van der Waals surface area contributed by atoms with E-state index in [9.17, 15) is 5.11 Å². The minimum atomic E-state index is -0.651. The SMILES string of the molecule is CCC1OCC2OC(OC)C(O)C(C)C2O1. The Labute approximate surface area is 95.6 Å². The highest BCUT2D eigenvalue weighted by molar-refractivity contribution is 4.89. The van der Waals surface area contributed by atoms with Crippen LogP contribution < -0.4 is 0 Å². The second kappa shape index (κ2) is 4.98. The van der Waals surface area contributed by atoms with Gasteiger partial charge in [-0.2, -0.15) is 0 Å². The van der Waals surface area contributed by atoms with Gasteiger partial charge in [0.25, 0.3) is 0 Å². The zero-order valence-electron chi connectivity index (χ0n) is 9.96. The summed E-state index contributed by atoms with van der Waals surface area (Å²) in [5.41, 5.74) is 0. The molecule has 5 nitrogen and oxygen atoms in total. The normalized spacial score (nSPS) is 48.8. The Kier molecular flexibility index (Phi) is 3.81.